The van der Waals surface area contributed by atoms with Gasteiger partial charge in [0.2, 0.25) is 0 Å². The van der Waals surface area contributed by atoms with Crippen molar-refractivity contribution in [3.8, 4) is 5.69 Å². The van der Waals surface area contributed by atoms with Crippen LogP contribution in [-0.2, 0) is 0 Å². The Morgan fingerprint density at radius 2 is 1.65 bits per heavy atom. The molecular weight excluding hydrogens is 226 g/mol. The lowest BCUT2D eigenvalue weighted by molar-refractivity contribution is 1.08. The molecule has 0 bridgehead atoms. The van der Waals surface area contributed by atoms with Crippen LogP contribution in [0.15, 0.2) is 66.9 Å². The maximum absolute atomic E-state index is 4.05. The highest BCUT2D eigenvalue weighted by Crippen LogP contribution is 2.30. The normalized spacial score (nSPS) is 10.2. The molecule has 0 amide bonds. The summed E-state index contributed by atoms with van der Waals surface area (Å²) >= 11 is 1.62. The summed E-state index contributed by atoms with van der Waals surface area (Å²) in [6.07, 6.45) is 4.07. The Bertz CT molecular complexity index is 521. The molecule has 1 aromatic heterocycles. The van der Waals surface area contributed by atoms with Crippen molar-refractivity contribution < 1.29 is 0 Å². The number of hydrogen-bond donors (Lipinski definition) is 0. The molecule has 0 spiro atoms. The predicted octanol–water partition coefficient (Wildman–Crippen LogP) is 4.71. The SMILES string of the molecule is C=C(C)SC(=C)c1ccc(-n2cccc2)cc1. The Labute approximate surface area is 106 Å². The van der Waals surface area contributed by atoms with Gasteiger partial charge in [0.05, 0.1) is 0 Å². The van der Waals surface area contributed by atoms with Crippen LogP contribution in [0.3, 0.4) is 0 Å². The van der Waals surface area contributed by atoms with Gasteiger partial charge in [0.15, 0.2) is 0 Å². The highest BCUT2D eigenvalue weighted by atomic mass is 32.2. The zero-order valence-corrected chi connectivity index (χ0v) is 10.7. The van der Waals surface area contributed by atoms with Crippen LogP contribution in [0.5, 0.6) is 0 Å². The Morgan fingerprint density at radius 3 is 2.18 bits per heavy atom. The van der Waals surface area contributed by atoms with E-state index >= 15 is 0 Å². The summed E-state index contributed by atoms with van der Waals surface area (Å²) in [5, 5.41) is 0. The standard InChI is InChI=1S/C15H15NS/c1-12(2)17-13(3)14-6-8-15(9-7-14)16-10-4-5-11-16/h4-11H,1,3H2,2H3. The van der Waals surface area contributed by atoms with Crippen molar-refractivity contribution in [3.05, 3.63) is 72.4 Å². The lowest BCUT2D eigenvalue weighted by atomic mass is 10.2. The second-order valence-corrected chi connectivity index (χ2v) is 5.26. The molecule has 2 rings (SSSR count). The molecule has 1 aromatic carbocycles. The first-order valence-electron chi connectivity index (χ1n) is 5.43. The Hall–Kier alpha value is -1.67. The summed E-state index contributed by atoms with van der Waals surface area (Å²) in [6, 6.07) is 12.4. The highest BCUT2D eigenvalue weighted by Gasteiger charge is 2.01. The molecule has 0 saturated carbocycles. The first-order valence-corrected chi connectivity index (χ1v) is 6.24. The molecular formula is C15H15NS. The molecule has 0 atom stereocenters. The smallest absolute Gasteiger partial charge is 0.0449 e. The summed E-state index contributed by atoms with van der Waals surface area (Å²) < 4.78 is 2.08. The van der Waals surface area contributed by atoms with Crippen molar-refractivity contribution in [2.45, 2.75) is 6.92 Å². The van der Waals surface area contributed by atoms with Gasteiger partial charge in [0, 0.05) is 23.0 Å². The van der Waals surface area contributed by atoms with Gasteiger partial charge in [-0.25, -0.2) is 0 Å². The zero-order valence-electron chi connectivity index (χ0n) is 9.89. The molecule has 2 aromatic rings. The molecule has 86 valence electrons. The molecule has 0 saturated heterocycles. The fraction of sp³-hybridized carbons (Fsp3) is 0.0667. The quantitative estimate of drug-likeness (QED) is 0.750. The summed E-state index contributed by atoms with van der Waals surface area (Å²) in [5.41, 5.74) is 2.31. The Morgan fingerprint density at radius 1 is 1.06 bits per heavy atom. The lowest BCUT2D eigenvalue weighted by Crippen LogP contribution is -1.89. The van der Waals surface area contributed by atoms with E-state index < -0.39 is 0 Å². The number of thioether (sulfide) groups is 1. The molecule has 1 nitrogen and oxygen atoms in total. The number of aromatic nitrogens is 1. The van der Waals surface area contributed by atoms with Gasteiger partial charge in [-0.3, -0.25) is 0 Å². The molecule has 0 unspecified atom stereocenters. The van der Waals surface area contributed by atoms with E-state index in [4.69, 9.17) is 0 Å². The third-order valence-electron chi connectivity index (χ3n) is 2.39. The summed E-state index contributed by atoms with van der Waals surface area (Å²) in [5.74, 6) is 0. The van der Waals surface area contributed by atoms with E-state index in [1.54, 1.807) is 11.8 Å². The zero-order chi connectivity index (χ0) is 12.3. The highest BCUT2D eigenvalue weighted by molar-refractivity contribution is 8.11. The van der Waals surface area contributed by atoms with Gasteiger partial charge in [0.1, 0.15) is 0 Å². The molecule has 0 aliphatic carbocycles. The minimum absolute atomic E-state index is 1.04. The van der Waals surface area contributed by atoms with Crippen molar-refractivity contribution in [1.82, 2.24) is 4.57 Å². The number of hydrogen-bond acceptors (Lipinski definition) is 1. The van der Waals surface area contributed by atoms with Gasteiger partial charge in [0.25, 0.3) is 0 Å². The van der Waals surface area contributed by atoms with Crippen LogP contribution in [0.1, 0.15) is 12.5 Å². The Kier molecular flexibility index (Phi) is 3.55. The topological polar surface area (TPSA) is 4.93 Å². The third-order valence-corrected chi connectivity index (χ3v) is 3.22. The lowest BCUT2D eigenvalue weighted by Gasteiger charge is -2.07. The Balaban J connectivity index is 2.19. The second-order valence-electron chi connectivity index (χ2n) is 3.86. The largest absolute Gasteiger partial charge is 0.324 e. The predicted molar refractivity (Wildman–Crippen MR) is 77.2 cm³/mol. The van der Waals surface area contributed by atoms with Crippen LogP contribution in [0.4, 0.5) is 0 Å². The molecule has 1 heterocycles. The summed E-state index contributed by atoms with van der Waals surface area (Å²) in [7, 11) is 0. The van der Waals surface area contributed by atoms with Gasteiger partial charge >= 0.3 is 0 Å². The average Bonchev–Trinajstić information content (AvgIpc) is 2.82. The van der Waals surface area contributed by atoms with Crippen LogP contribution in [-0.4, -0.2) is 4.57 Å². The van der Waals surface area contributed by atoms with E-state index in [9.17, 15) is 0 Å². The van der Waals surface area contributed by atoms with Crippen LogP contribution >= 0.6 is 11.8 Å². The fourth-order valence-electron chi connectivity index (χ4n) is 1.60. The maximum Gasteiger partial charge on any atom is 0.0449 e. The first-order chi connectivity index (χ1) is 8.16. The van der Waals surface area contributed by atoms with Gasteiger partial charge in [-0.05, 0) is 41.7 Å². The summed E-state index contributed by atoms with van der Waals surface area (Å²) in [4.78, 5) is 2.10. The van der Waals surface area contributed by atoms with Crippen LogP contribution in [0.25, 0.3) is 10.6 Å². The number of benzene rings is 1. The molecule has 0 N–H and O–H groups in total. The monoisotopic (exact) mass is 241 g/mol. The molecule has 0 radical (unpaired) electrons. The second kappa shape index (κ2) is 5.11. The van der Waals surface area contributed by atoms with E-state index in [0.29, 0.717) is 0 Å². The van der Waals surface area contributed by atoms with Crippen molar-refractivity contribution in [2.75, 3.05) is 0 Å². The van der Waals surface area contributed by atoms with Gasteiger partial charge in [-0.1, -0.05) is 37.1 Å². The van der Waals surface area contributed by atoms with E-state index in [0.717, 1.165) is 21.1 Å². The van der Waals surface area contributed by atoms with E-state index in [1.807, 2.05) is 31.5 Å². The van der Waals surface area contributed by atoms with Crippen molar-refractivity contribution in [2.24, 2.45) is 0 Å². The minimum Gasteiger partial charge on any atom is -0.324 e. The van der Waals surface area contributed by atoms with Crippen molar-refractivity contribution in [3.63, 3.8) is 0 Å². The van der Waals surface area contributed by atoms with E-state index in [-0.39, 0.29) is 0 Å². The molecule has 0 fully saturated rings. The third kappa shape index (κ3) is 2.92. The maximum atomic E-state index is 4.05. The summed E-state index contributed by atoms with van der Waals surface area (Å²) in [6.45, 7) is 9.92. The van der Waals surface area contributed by atoms with Crippen LogP contribution in [0, 0.1) is 0 Å². The van der Waals surface area contributed by atoms with E-state index in [1.165, 1.54) is 0 Å². The van der Waals surface area contributed by atoms with Crippen molar-refractivity contribution in [1.29, 1.82) is 0 Å². The van der Waals surface area contributed by atoms with Crippen molar-refractivity contribution >= 4 is 16.7 Å². The van der Waals surface area contributed by atoms with Gasteiger partial charge < -0.3 is 4.57 Å². The van der Waals surface area contributed by atoms with E-state index in [2.05, 4.69) is 42.0 Å². The van der Waals surface area contributed by atoms with Crippen LogP contribution in [0.2, 0.25) is 0 Å². The fourth-order valence-corrected chi connectivity index (χ4v) is 2.27. The first kappa shape index (κ1) is 11.8. The minimum atomic E-state index is 1.04. The van der Waals surface area contributed by atoms with Crippen LogP contribution < -0.4 is 0 Å². The van der Waals surface area contributed by atoms with Gasteiger partial charge in [-0.15, -0.1) is 0 Å². The number of rotatable bonds is 4. The molecule has 0 aliphatic heterocycles. The average molecular weight is 241 g/mol. The molecule has 2 heteroatoms. The number of nitrogens with zero attached hydrogens (tertiary/aromatic N) is 1. The number of allylic oxidation sites excluding steroid dienone is 1. The van der Waals surface area contributed by atoms with Gasteiger partial charge in [-0.2, -0.15) is 0 Å². The molecule has 0 aliphatic rings. The molecule has 17 heavy (non-hydrogen) atoms.